The van der Waals surface area contributed by atoms with Crippen LogP contribution in [-0.2, 0) is 4.79 Å². The number of hydrogen-bond donors (Lipinski definition) is 1. The van der Waals surface area contributed by atoms with Crippen molar-refractivity contribution in [1.29, 1.82) is 0 Å². The van der Waals surface area contributed by atoms with Gasteiger partial charge in [-0.3, -0.25) is 4.79 Å². The minimum Gasteiger partial charge on any atom is -0.480 e. The Balaban J connectivity index is 2.36. The molecule has 1 amide bonds. The van der Waals surface area contributed by atoms with Gasteiger partial charge in [-0.25, -0.2) is 4.79 Å². The zero-order valence-corrected chi connectivity index (χ0v) is 11.6. The molecule has 2 aromatic rings. The van der Waals surface area contributed by atoms with E-state index in [2.05, 4.69) is 0 Å². The maximum Gasteiger partial charge on any atom is 0.326 e. The summed E-state index contributed by atoms with van der Waals surface area (Å²) in [4.78, 5) is 24.8. The van der Waals surface area contributed by atoms with E-state index in [0.29, 0.717) is 12.0 Å². The highest BCUT2D eigenvalue weighted by Gasteiger charge is 2.26. The summed E-state index contributed by atoms with van der Waals surface area (Å²) in [5, 5.41) is 11.8. The van der Waals surface area contributed by atoms with Gasteiger partial charge in [0.2, 0.25) is 0 Å². The summed E-state index contributed by atoms with van der Waals surface area (Å²) in [5.41, 5.74) is 0.572. The standard InChI is InChI=1S/C14H15NO3S/c1-3-11(14(17)18)15(2)13(16)10-8-19-12-7-5-4-6-9(10)12/h4-8,11H,3H2,1-2H3,(H,17,18). The summed E-state index contributed by atoms with van der Waals surface area (Å²) < 4.78 is 1.03. The van der Waals surface area contributed by atoms with Crippen LogP contribution in [0.5, 0.6) is 0 Å². The lowest BCUT2D eigenvalue weighted by atomic mass is 10.1. The molecular formula is C14H15NO3S. The number of rotatable bonds is 4. The molecule has 1 aromatic heterocycles. The molecule has 0 bridgehead atoms. The summed E-state index contributed by atoms with van der Waals surface area (Å²) in [6.45, 7) is 1.76. The van der Waals surface area contributed by atoms with Gasteiger partial charge in [0.25, 0.3) is 5.91 Å². The zero-order valence-electron chi connectivity index (χ0n) is 10.8. The van der Waals surface area contributed by atoms with Crippen molar-refractivity contribution in [2.75, 3.05) is 7.05 Å². The third-order valence-electron chi connectivity index (χ3n) is 3.17. The fourth-order valence-corrected chi connectivity index (χ4v) is 3.02. The van der Waals surface area contributed by atoms with Crippen molar-refractivity contribution in [3.05, 3.63) is 35.2 Å². The summed E-state index contributed by atoms with van der Waals surface area (Å²) >= 11 is 1.49. The van der Waals surface area contributed by atoms with Crippen LogP contribution in [0.3, 0.4) is 0 Å². The zero-order chi connectivity index (χ0) is 14.0. The Morgan fingerprint density at radius 2 is 2.05 bits per heavy atom. The molecule has 19 heavy (non-hydrogen) atoms. The number of carboxylic acids is 1. The first-order valence-corrected chi connectivity index (χ1v) is 6.90. The van der Waals surface area contributed by atoms with Gasteiger partial charge in [0.15, 0.2) is 0 Å². The first-order chi connectivity index (χ1) is 9.06. The Morgan fingerprint density at radius 3 is 2.68 bits per heavy atom. The summed E-state index contributed by atoms with van der Waals surface area (Å²) in [6, 6.07) is 6.84. The molecule has 0 spiro atoms. The summed E-state index contributed by atoms with van der Waals surface area (Å²) in [5.74, 6) is -1.22. The smallest absolute Gasteiger partial charge is 0.326 e. The number of amides is 1. The molecule has 0 aliphatic carbocycles. The van der Waals surface area contributed by atoms with Crippen molar-refractivity contribution in [1.82, 2.24) is 4.90 Å². The Bertz CT molecular complexity index is 620. The fourth-order valence-electron chi connectivity index (χ4n) is 2.09. The number of thiophene rings is 1. The SMILES string of the molecule is CCC(C(=O)O)N(C)C(=O)c1csc2ccccc12. The highest BCUT2D eigenvalue weighted by molar-refractivity contribution is 7.17. The molecule has 0 aliphatic heterocycles. The molecule has 0 saturated heterocycles. The molecule has 4 nitrogen and oxygen atoms in total. The van der Waals surface area contributed by atoms with Gasteiger partial charge < -0.3 is 10.0 Å². The van der Waals surface area contributed by atoms with E-state index >= 15 is 0 Å². The lowest BCUT2D eigenvalue weighted by Crippen LogP contribution is -2.41. The lowest BCUT2D eigenvalue weighted by Gasteiger charge is -2.23. The van der Waals surface area contributed by atoms with Crippen molar-refractivity contribution in [3.8, 4) is 0 Å². The largest absolute Gasteiger partial charge is 0.480 e. The van der Waals surface area contributed by atoms with E-state index in [-0.39, 0.29) is 5.91 Å². The second-order valence-corrected chi connectivity index (χ2v) is 5.24. The van der Waals surface area contributed by atoms with E-state index in [1.165, 1.54) is 23.3 Å². The van der Waals surface area contributed by atoms with E-state index < -0.39 is 12.0 Å². The van der Waals surface area contributed by atoms with Crippen LogP contribution in [-0.4, -0.2) is 35.0 Å². The van der Waals surface area contributed by atoms with Gasteiger partial charge in [0, 0.05) is 22.5 Å². The second-order valence-electron chi connectivity index (χ2n) is 4.32. The Kier molecular flexibility index (Phi) is 3.85. The number of aliphatic carboxylic acids is 1. The number of likely N-dealkylation sites (N-methyl/N-ethyl adjacent to an activating group) is 1. The maximum atomic E-state index is 12.4. The van der Waals surface area contributed by atoms with Gasteiger partial charge in [-0.2, -0.15) is 0 Å². The molecule has 0 aliphatic rings. The van der Waals surface area contributed by atoms with Gasteiger partial charge in [0.05, 0.1) is 5.56 Å². The van der Waals surface area contributed by atoms with Crippen LogP contribution in [0.15, 0.2) is 29.6 Å². The van der Waals surface area contributed by atoms with E-state index in [9.17, 15) is 9.59 Å². The van der Waals surface area contributed by atoms with Gasteiger partial charge in [-0.1, -0.05) is 25.1 Å². The van der Waals surface area contributed by atoms with E-state index in [1.54, 1.807) is 12.3 Å². The van der Waals surface area contributed by atoms with Crippen molar-refractivity contribution in [2.24, 2.45) is 0 Å². The number of nitrogens with zero attached hydrogens (tertiary/aromatic N) is 1. The first kappa shape index (κ1) is 13.5. The molecule has 2 rings (SSSR count). The van der Waals surface area contributed by atoms with Crippen LogP contribution in [0.25, 0.3) is 10.1 Å². The predicted molar refractivity (Wildman–Crippen MR) is 75.6 cm³/mol. The number of fused-ring (bicyclic) bond motifs is 1. The number of benzene rings is 1. The monoisotopic (exact) mass is 277 g/mol. The average Bonchev–Trinajstić information content (AvgIpc) is 2.82. The van der Waals surface area contributed by atoms with Crippen molar-refractivity contribution in [2.45, 2.75) is 19.4 Å². The Morgan fingerprint density at radius 1 is 1.37 bits per heavy atom. The minimum atomic E-state index is -0.974. The predicted octanol–water partition coefficient (Wildman–Crippen LogP) is 2.84. The molecule has 1 atom stereocenters. The topological polar surface area (TPSA) is 57.6 Å². The normalized spacial score (nSPS) is 12.3. The van der Waals surface area contributed by atoms with Gasteiger partial charge in [0.1, 0.15) is 6.04 Å². The van der Waals surface area contributed by atoms with E-state index in [0.717, 1.165) is 10.1 Å². The van der Waals surface area contributed by atoms with Crippen molar-refractivity contribution < 1.29 is 14.7 Å². The van der Waals surface area contributed by atoms with Crippen LogP contribution in [0.1, 0.15) is 23.7 Å². The van der Waals surface area contributed by atoms with Crippen LogP contribution in [0, 0.1) is 0 Å². The number of carbonyl (C=O) groups excluding carboxylic acids is 1. The molecule has 1 heterocycles. The lowest BCUT2D eigenvalue weighted by molar-refractivity contribution is -0.142. The maximum absolute atomic E-state index is 12.4. The van der Waals surface area contributed by atoms with E-state index in [1.807, 2.05) is 24.3 Å². The molecular weight excluding hydrogens is 262 g/mol. The number of carbonyl (C=O) groups is 2. The third kappa shape index (κ3) is 2.46. The molecule has 100 valence electrons. The first-order valence-electron chi connectivity index (χ1n) is 6.02. The highest BCUT2D eigenvalue weighted by atomic mass is 32.1. The van der Waals surface area contributed by atoms with Crippen molar-refractivity contribution >= 4 is 33.3 Å². The van der Waals surface area contributed by atoms with Crippen LogP contribution < -0.4 is 0 Å². The second kappa shape index (κ2) is 5.40. The van der Waals surface area contributed by atoms with Gasteiger partial charge in [-0.05, 0) is 12.5 Å². The average molecular weight is 277 g/mol. The summed E-state index contributed by atoms with van der Waals surface area (Å²) in [6.07, 6.45) is 0.389. The molecule has 0 fully saturated rings. The number of hydrogen-bond acceptors (Lipinski definition) is 3. The quantitative estimate of drug-likeness (QED) is 0.935. The van der Waals surface area contributed by atoms with E-state index in [4.69, 9.17) is 5.11 Å². The Labute approximate surface area is 115 Å². The van der Waals surface area contributed by atoms with Gasteiger partial charge in [-0.15, -0.1) is 11.3 Å². The molecule has 5 heteroatoms. The van der Waals surface area contributed by atoms with Crippen LogP contribution in [0.2, 0.25) is 0 Å². The number of carboxylic acid groups (broad SMARTS) is 1. The molecule has 1 N–H and O–H groups in total. The molecule has 0 radical (unpaired) electrons. The summed E-state index contributed by atoms with van der Waals surface area (Å²) in [7, 11) is 1.54. The third-order valence-corrected chi connectivity index (χ3v) is 4.13. The van der Waals surface area contributed by atoms with Crippen molar-refractivity contribution in [3.63, 3.8) is 0 Å². The molecule has 1 aromatic carbocycles. The fraction of sp³-hybridized carbons (Fsp3) is 0.286. The van der Waals surface area contributed by atoms with Gasteiger partial charge >= 0.3 is 5.97 Å². The van der Waals surface area contributed by atoms with Crippen LogP contribution in [0.4, 0.5) is 0 Å². The molecule has 0 saturated carbocycles. The molecule has 1 unspecified atom stereocenters. The highest BCUT2D eigenvalue weighted by Crippen LogP contribution is 2.27. The van der Waals surface area contributed by atoms with Crippen LogP contribution >= 0.6 is 11.3 Å². The Hall–Kier alpha value is -1.88. The minimum absolute atomic E-state index is 0.244.